The first-order valence-electron chi connectivity index (χ1n) is 11.0. The van der Waals surface area contributed by atoms with Crippen LogP contribution in [-0.4, -0.2) is 57.2 Å². The quantitative estimate of drug-likeness (QED) is 0.329. The molecule has 1 aromatic carbocycles. The molecular weight excluding hydrogens is 475 g/mol. The number of hydrogen-bond donors (Lipinski definition) is 2. The molecule has 3 unspecified atom stereocenters. The van der Waals surface area contributed by atoms with Crippen LogP contribution in [0.2, 0.25) is 0 Å². The van der Waals surface area contributed by atoms with Gasteiger partial charge in [-0.3, -0.25) is 4.99 Å². The van der Waals surface area contributed by atoms with Crippen LogP contribution < -0.4 is 10.6 Å². The first-order valence-corrected chi connectivity index (χ1v) is 11.0. The van der Waals surface area contributed by atoms with Crippen LogP contribution in [0, 0.1) is 18.8 Å². The number of benzene rings is 1. The zero-order valence-electron chi connectivity index (χ0n) is 18.3. The minimum absolute atomic E-state index is 0. The second-order valence-corrected chi connectivity index (χ2v) is 8.39. The monoisotopic (exact) mass is 514 g/mol. The summed E-state index contributed by atoms with van der Waals surface area (Å²) >= 11 is 0. The van der Waals surface area contributed by atoms with Crippen LogP contribution in [0.1, 0.15) is 49.8 Å². The molecule has 3 atom stereocenters. The van der Waals surface area contributed by atoms with Crippen LogP contribution >= 0.6 is 24.0 Å². The molecule has 0 spiro atoms. The molecule has 0 saturated carbocycles. The van der Waals surface area contributed by atoms with E-state index < -0.39 is 0 Å². The molecule has 2 heterocycles. The minimum Gasteiger partial charge on any atom is -0.373 e. The Morgan fingerprint density at radius 1 is 1.17 bits per heavy atom. The van der Waals surface area contributed by atoms with Crippen molar-refractivity contribution in [3.8, 4) is 0 Å². The van der Waals surface area contributed by atoms with Gasteiger partial charge in [-0.2, -0.15) is 0 Å². The molecule has 1 aromatic rings. The molecule has 29 heavy (non-hydrogen) atoms. The number of hydrogen-bond acceptors (Lipinski definition) is 3. The van der Waals surface area contributed by atoms with Gasteiger partial charge >= 0.3 is 0 Å². The topological polar surface area (TPSA) is 48.9 Å². The van der Waals surface area contributed by atoms with Gasteiger partial charge in [0.25, 0.3) is 0 Å². The van der Waals surface area contributed by atoms with E-state index >= 15 is 0 Å². The van der Waals surface area contributed by atoms with Crippen molar-refractivity contribution in [2.75, 3.05) is 46.4 Å². The van der Waals surface area contributed by atoms with E-state index in [1.54, 1.807) is 0 Å². The minimum atomic E-state index is 0. The van der Waals surface area contributed by atoms with Crippen molar-refractivity contribution in [1.29, 1.82) is 0 Å². The Morgan fingerprint density at radius 2 is 1.93 bits per heavy atom. The van der Waals surface area contributed by atoms with Crippen molar-refractivity contribution in [3.05, 3.63) is 35.4 Å². The summed E-state index contributed by atoms with van der Waals surface area (Å²) in [5.41, 5.74) is 2.59. The highest BCUT2D eigenvalue weighted by molar-refractivity contribution is 14.0. The Morgan fingerprint density at radius 3 is 2.66 bits per heavy atom. The highest BCUT2D eigenvalue weighted by atomic mass is 127. The predicted octanol–water partition coefficient (Wildman–Crippen LogP) is 3.98. The van der Waals surface area contributed by atoms with E-state index in [4.69, 9.17) is 4.74 Å². The van der Waals surface area contributed by atoms with Crippen molar-refractivity contribution < 1.29 is 4.74 Å². The Bertz CT molecular complexity index is 622. The number of aliphatic imine (C=N–C) groups is 1. The van der Waals surface area contributed by atoms with E-state index in [0.717, 1.165) is 38.0 Å². The van der Waals surface area contributed by atoms with E-state index in [1.807, 2.05) is 7.05 Å². The Balaban J connectivity index is 0.00000300. The molecule has 2 fully saturated rings. The number of ether oxygens (including phenoxy) is 1. The van der Waals surface area contributed by atoms with Gasteiger partial charge in [-0.15, -0.1) is 24.0 Å². The van der Waals surface area contributed by atoms with Crippen LogP contribution in [0.25, 0.3) is 0 Å². The number of likely N-dealkylation sites (tertiary alicyclic amines) is 1. The van der Waals surface area contributed by atoms with Gasteiger partial charge in [0.05, 0.1) is 6.10 Å². The van der Waals surface area contributed by atoms with Gasteiger partial charge in [-0.05, 0) is 57.2 Å². The molecule has 0 bridgehead atoms. The third kappa shape index (κ3) is 7.40. The van der Waals surface area contributed by atoms with E-state index in [0.29, 0.717) is 5.92 Å². The van der Waals surface area contributed by atoms with Crippen molar-refractivity contribution in [2.45, 2.75) is 45.6 Å². The standard InChI is InChI=1S/C23H38N4O.HI/c1-4-12-27-13-11-19(17-27)15-25-23(24-3)26-16-21-6-5-14-28-22(21)20-9-7-18(2)8-10-20;/h7-10,19,21-22H,4-6,11-17H2,1-3H3,(H2,24,25,26);1H. The van der Waals surface area contributed by atoms with Gasteiger partial charge < -0.3 is 20.3 Å². The molecule has 2 N–H and O–H groups in total. The summed E-state index contributed by atoms with van der Waals surface area (Å²) in [4.78, 5) is 7.02. The van der Waals surface area contributed by atoms with Crippen LogP contribution in [0.3, 0.4) is 0 Å². The summed E-state index contributed by atoms with van der Waals surface area (Å²) in [7, 11) is 1.86. The summed E-state index contributed by atoms with van der Waals surface area (Å²) in [5.74, 6) is 2.12. The van der Waals surface area contributed by atoms with Gasteiger partial charge in [0.2, 0.25) is 0 Å². The van der Waals surface area contributed by atoms with E-state index in [2.05, 4.69) is 58.6 Å². The van der Waals surface area contributed by atoms with E-state index in [9.17, 15) is 0 Å². The number of rotatable bonds is 7. The van der Waals surface area contributed by atoms with Gasteiger partial charge in [0.15, 0.2) is 5.96 Å². The van der Waals surface area contributed by atoms with Crippen LogP contribution in [0.15, 0.2) is 29.3 Å². The molecule has 2 aliphatic heterocycles. The number of aryl methyl sites for hydroxylation is 1. The van der Waals surface area contributed by atoms with Crippen molar-refractivity contribution in [2.24, 2.45) is 16.8 Å². The number of halogens is 1. The van der Waals surface area contributed by atoms with Gasteiger partial charge in [-0.25, -0.2) is 0 Å². The Kier molecular flexibility index (Phi) is 10.7. The third-order valence-corrected chi connectivity index (χ3v) is 6.07. The average Bonchev–Trinajstić information content (AvgIpc) is 3.17. The highest BCUT2D eigenvalue weighted by Crippen LogP contribution is 2.33. The lowest BCUT2D eigenvalue weighted by Gasteiger charge is -2.32. The maximum atomic E-state index is 6.15. The fourth-order valence-electron chi connectivity index (χ4n) is 4.47. The van der Waals surface area contributed by atoms with Gasteiger partial charge in [0, 0.05) is 39.2 Å². The van der Waals surface area contributed by atoms with Gasteiger partial charge in [-0.1, -0.05) is 36.8 Å². The van der Waals surface area contributed by atoms with Gasteiger partial charge in [0.1, 0.15) is 0 Å². The van der Waals surface area contributed by atoms with E-state index in [-0.39, 0.29) is 30.1 Å². The smallest absolute Gasteiger partial charge is 0.190 e. The fraction of sp³-hybridized carbons (Fsp3) is 0.696. The number of nitrogens with zero attached hydrogens (tertiary/aromatic N) is 2. The number of nitrogens with one attached hydrogen (secondary N) is 2. The summed E-state index contributed by atoms with van der Waals surface area (Å²) in [6.07, 6.45) is 5.04. The molecule has 2 aliphatic rings. The van der Waals surface area contributed by atoms with Crippen molar-refractivity contribution in [1.82, 2.24) is 15.5 Å². The molecule has 2 saturated heterocycles. The number of guanidine groups is 1. The van der Waals surface area contributed by atoms with Crippen LogP contribution in [-0.2, 0) is 4.74 Å². The van der Waals surface area contributed by atoms with Crippen LogP contribution in [0.4, 0.5) is 0 Å². The molecule has 164 valence electrons. The zero-order valence-corrected chi connectivity index (χ0v) is 20.7. The largest absolute Gasteiger partial charge is 0.373 e. The molecule has 5 nitrogen and oxygen atoms in total. The summed E-state index contributed by atoms with van der Waals surface area (Å²) < 4.78 is 6.15. The molecule has 0 amide bonds. The second-order valence-electron chi connectivity index (χ2n) is 8.39. The molecular formula is C23H39IN4O. The van der Waals surface area contributed by atoms with Crippen molar-refractivity contribution >= 4 is 29.9 Å². The molecule has 0 aromatic heterocycles. The molecule has 3 rings (SSSR count). The van der Waals surface area contributed by atoms with E-state index in [1.165, 1.54) is 50.0 Å². The first-order chi connectivity index (χ1) is 13.7. The first kappa shape index (κ1) is 24.4. The van der Waals surface area contributed by atoms with Crippen LogP contribution in [0.5, 0.6) is 0 Å². The Hall–Kier alpha value is -0.860. The maximum absolute atomic E-state index is 6.15. The third-order valence-electron chi connectivity index (χ3n) is 6.07. The Labute approximate surface area is 194 Å². The summed E-state index contributed by atoms with van der Waals surface area (Å²) in [5, 5.41) is 7.10. The summed E-state index contributed by atoms with van der Waals surface area (Å²) in [6, 6.07) is 8.80. The zero-order chi connectivity index (χ0) is 19.8. The average molecular weight is 514 g/mol. The predicted molar refractivity (Wildman–Crippen MR) is 132 cm³/mol. The summed E-state index contributed by atoms with van der Waals surface area (Å²) in [6.45, 7) is 10.8. The fourth-order valence-corrected chi connectivity index (χ4v) is 4.47. The molecule has 0 aliphatic carbocycles. The van der Waals surface area contributed by atoms with Crippen molar-refractivity contribution in [3.63, 3.8) is 0 Å². The molecule has 6 heteroatoms. The highest BCUT2D eigenvalue weighted by Gasteiger charge is 2.28. The SMILES string of the molecule is CCCN1CCC(CNC(=NC)NCC2CCCOC2c2ccc(C)cc2)C1.I. The lowest BCUT2D eigenvalue weighted by molar-refractivity contribution is -0.0265. The molecule has 0 radical (unpaired) electrons. The second kappa shape index (κ2) is 12.7. The lowest BCUT2D eigenvalue weighted by atomic mass is 9.89. The normalized spacial score (nSPS) is 25.5. The lowest BCUT2D eigenvalue weighted by Crippen LogP contribution is -2.43. The maximum Gasteiger partial charge on any atom is 0.190 e.